The standard InChI is InChI=1S/C21H24N4O/c1-15-6-8-22-12-19(15)21(26)23-11-16-7-9-25(13-16)14-18-10-17-4-2-3-5-20(17)24-18/h2-6,8,10,12,16,24H,7,9,11,13-14H2,1H3,(H,23,26). The zero-order valence-electron chi connectivity index (χ0n) is 15.0. The third-order valence-corrected chi connectivity index (χ3v) is 5.18. The number of nitrogens with one attached hydrogen (secondary N) is 2. The van der Waals surface area contributed by atoms with Crippen LogP contribution in [0.15, 0.2) is 48.8 Å². The Labute approximate surface area is 153 Å². The number of rotatable bonds is 5. The molecule has 1 amide bonds. The fourth-order valence-electron chi connectivity index (χ4n) is 3.72. The number of carbonyl (C=O) groups is 1. The monoisotopic (exact) mass is 348 g/mol. The predicted molar refractivity (Wildman–Crippen MR) is 103 cm³/mol. The Morgan fingerprint density at radius 2 is 2.23 bits per heavy atom. The second-order valence-corrected chi connectivity index (χ2v) is 7.17. The molecule has 0 saturated carbocycles. The summed E-state index contributed by atoms with van der Waals surface area (Å²) in [5, 5.41) is 4.34. The van der Waals surface area contributed by atoms with Gasteiger partial charge >= 0.3 is 0 Å². The zero-order valence-corrected chi connectivity index (χ0v) is 15.0. The predicted octanol–water partition coefficient (Wildman–Crippen LogP) is 3.12. The molecule has 4 rings (SSSR count). The molecular weight excluding hydrogens is 324 g/mol. The summed E-state index contributed by atoms with van der Waals surface area (Å²) in [6.45, 7) is 5.68. The molecule has 1 unspecified atom stereocenters. The number of aromatic amines is 1. The van der Waals surface area contributed by atoms with Crippen LogP contribution in [0.4, 0.5) is 0 Å². The molecule has 1 atom stereocenters. The third-order valence-electron chi connectivity index (χ3n) is 5.18. The molecule has 134 valence electrons. The van der Waals surface area contributed by atoms with E-state index >= 15 is 0 Å². The fraction of sp³-hybridized carbons (Fsp3) is 0.333. The van der Waals surface area contributed by atoms with Crippen molar-refractivity contribution in [2.45, 2.75) is 19.9 Å². The number of hydrogen-bond acceptors (Lipinski definition) is 3. The van der Waals surface area contributed by atoms with Crippen LogP contribution in [0.2, 0.25) is 0 Å². The molecule has 2 aromatic heterocycles. The molecular formula is C21H24N4O. The maximum atomic E-state index is 12.3. The van der Waals surface area contributed by atoms with Crippen LogP contribution < -0.4 is 5.32 Å². The number of fused-ring (bicyclic) bond motifs is 1. The van der Waals surface area contributed by atoms with Crippen LogP contribution in [0, 0.1) is 12.8 Å². The molecule has 1 fully saturated rings. The van der Waals surface area contributed by atoms with Gasteiger partial charge in [-0.15, -0.1) is 0 Å². The molecule has 26 heavy (non-hydrogen) atoms. The first-order valence-electron chi connectivity index (χ1n) is 9.17. The van der Waals surface area contributed by atoms with Gasteiger partial charge in [0, 0.05) is 43.2 Å². The van der Waals surface area contributed by atoms with E-state index in [9.17, 15) is 4.79 Å². The fourth-order valence-corrected chi connectivity index (χ4v) is 3.72. The molecule has 5 nitrogen and oxygen atoms in total. The van der Waals surface area contributed by atoms with Crippen LogP contribution in [-0.2, 0) is 6.54 Å². The lowest BCUT2D eigenvalue weighted by Crippen LogP contribution is -2.31. The lowest BCUT2D eigenvalue weighted by atomic mass is 10.1. The Hall–Kier alpha value is -2.66. The number of carbonyl (C=O) groups excluding carboxylic acids is 1. The highest BCUT2D eigenvalue weighted by atomic mass is 16.1. The minimum Gasteiger partial charge on any atom is -0.357 e. The first kappa shape index (κ1) is 16.8. The number of para-hydroxylation sites is 1. The maximum absolute atomic E-state index is 12.3. The van der Waals surface area contributed by atoms with Crippen LogP contribution >= 0.6 is 0 Å². The van der Waals surface area contributed by atoms with Gasteiger partial charge in [0.2, 0.25) is 0 Å². The summed E-state index contributed by atoms with van der Waals surface area (Å²) in [7, 11) is 0. The van der Waals surface area contributed by atoms with Gasteiger partial charge in [-0.2, -0.15) is 0 Å². The molecule has 2 N–H and O–H groups in total. The summed E-state index contributed by atoms with van der Waals surface area (Å²) in [5.74, 6) is 0.477. The Bertz CT molecular complexity index is 884. The number of nitrogens with zero attached hydrogens (tertiary/aromatic N) is 2. The molecule has 0 radical (unpaired) electrons. The van der Waals surface area contributed by atoms with Gasteiger partial charge in [0.25, 0.3) is 5.91 Å². The number of hydrogen-bond donors (Lipinski definition) is 2. The van der Waals surface area contributed by atoms with Crippen molar-refractivity contribution in [3.05, 3.63) is 65.6 Å². The molecule has 1 aromatic carbocycles. The zero-order chi connectivity index (χ0) is 17.9. The highest BCUT2D eigenvalue weighted by molar-refractivity contribution is 5.95. The summed E-state index contributed by atoms with van der Waals surface area (Å²) in [6, 6.07) is 12.5. The van der Waals surface area contributed by atoms with E-state index in [1.54, 1.807) is 12.4 Å². The summed E-state index contributed by atoms with van der Waals surface area (Å²) < 4.78 is 0. The molecule has 1 aliphatic rings. The van der Waals surface area contributed by atoms with Crippen molar-refractivity contribution >= 4 is 16.8 Å². The van der Waals surface area contributed by atoms with Gasteiger partial charge in [-0.1, -0.05) is 18.2 Å². The molecule has 0 spiro atoms. The van der Waals surface area contributed by atoms with E-state index in [0.717, 1.165) is 38.2 Å². The van der Waals surface area contributed by atoms with Crippen LogP contribution in [0.25, 0.3) is 10.9 Å². The van der Waals surface area contributed by atoms with Gasteiger partial charge in [-0.05, 0) is 55.0 Å². The lowest BCUT2D eigenvalue weighted by molar-refractivity contribution is 0.0946. The molecule has 0 bridgehead atoms. The van der Waals surface area contributed by atoms with Crippen molar-refractivity contribution in [3.8, 4) is 0 Å². The average molecular weight is 348 g/mol. The van der Waals surface area contributed by atoms with E-state index < -0.39 is 0 Å². The van der Waals surface area contributed by atoms with E-state index in [4.69, 9.17) is 0 Å². The van der Waals surface area contributed by atoms with Crippen molar-refractivity contribution in [1.82, 2.24) is 20.2 Å². The summed E-state index contributed by atoms with van der Waals surface area (Å²) in [5.41, 5.74) is 4.07. The SMILES string of the molecule is Cc1ccncc1C(=O)NCC1CCN(Cc2cc3ccccc3[nH]2)C1. The molecule has 3 heterocycles. The number of aromatic nitrogens is 2. The second kappa shape index (κ2) is 7.30. The van der Waals surface area contributed by atoms with E-state index in [0.29, 0.717) is 11.5 Å². The normalized spacial score (nSPS) is 17.7. The van der Waals surface area contributed by atoms with Gasteiger partial charge in [0.15, 0.2) is 0 Å². The Balaban J connectivity index is 1.30. The Kier molecular flexibility index (Phi) is 4.71. The highest BCUT2D eigenvalue weighted by Crippen LogP contribution is 2.21. The molecule has 1 aliphatic heterocycles. The molecule has 0 aliphatic carbocycles. The number of aryl methyl sites for hydroxylation is 1. The molecule has 5 heteroatoms. The molecule has 1 saturated heterocycles. The van der Waals surface area contributed by atoms with Gasteiger partial charge in [-0.3, -0.25) is 14.7 Å². The third kappa shape index (κ3) is 3.63. The minimum atomic E-state index is -0.0235. The van der Waals surface area contributed by atoms with E-state index in [2.05, 4.69) is 50.5 Å². The largest absolute Gasteiger partial charge is 0.357 e. The van der Waals surface area contributed by atoms with Crippen LogP contribution in [0.5, 0.6) is 0 Å². The number of pyridine rings is 1. The smallest absolute Gasteiger partial charge is 0.253 e. The topological polar surface area (TPSA) is 61.0 Å². The van der Waals surface area contributed by atoms with Crippen molar-refractivity contribution in [2.24, 2.45) is 5.92 Å². The van der Waals surface area contributed by atoms with Gasteiger partial charge in [-0.25, -0.2) is 0 Å². The van der Waals surface area contributed by atoms with Crippen LogP contribution in [0.1, 0.15) is 28.0 Å². The average Bonchev–Trinajstić information content (AvgIpc) is 3.26. The summed E-state index contributed by atoms with van der Waals surface area (Å²) >= 11 is 0. The number of benzene rings is 1. The number of likely N-dealkylation sites (tertiary alicyclic amines) is 1. The summed E-state index contributed by atoms with van der Waals surface area (Å²) in [6.07, 6.45) is 4.47. The van der Waals surface area contributed by atoms with E-state index in [1.807, 2.05) is 13.0 Å². The van der Waals surface area contributed by atoms with Crippen LogP contribution in [0.3, 0.4) is 0 Å². The van der Waals surface area contributed by atoms with Gasteiger partial charge in [0.1, 0.15) is 0 Å². The van der Waals surface area contributed by atoms with Crippen molar-refractivity contribution < 1.29 is 4.79 Å². The number of H-pyrrole nitrogens is 1. The Morgan fingerprint density at radius 1 is 1.35 bits per heavy atom. The van der Waals surface area contributed by atoms with E-state index in [1.165, 1.54) is 16.6 Å². The van der Waals surface area contributed by atoms with Gasteiger partial charge in [0.05, 0.1) is 5.56 Å². The van der Waals surface area contributed by atoms with Crippen molar-refractivity contribution in [1.29, 1.82) is 0 Å². The minimum absolute atomic E-state index is 0.0235. The van der Waals surface area contributed by atoms with Crippen molar-refractivity contribution in [3.63, 3.8) is 0 Å². The second-order valence-electron chi connectivity index (χ2n) is 7.17. The van der Waals surface area contributed by atoms with E-state index in [-0.39, 0.29) is 5.91 Å². The van der Waals surface area contributed by atoms with Crippen molar-refractivity contribution in [2.75, 3.05) is 19.6 Å². The first-order valence-corrected chi connectivity index (χ1v) is 9.17. The maximum Gasteiger partial charge on any atom is 0.253 e. The van der Waals surface area contributed by atoms with Crippen LogP contribution in [-0.4, -0.2) is 40.4 Å². The first-order chi connectivity index (χ1) is 12.7. The Morgan fingerprint density at radius 3 is 3.08 bits per heavy atom. The quantitative estimate of drug-likeness (QED) is 0.745. The summed E-state index contributed by atoms with van der Waals surface area (Å²) in [4.78, 5) is 22.3. The number of amides is 1. The van der Waals surface area contributed by atoms with Gasteiger partial charge < -0.3 is 10.3 Å². The lowest BCUT2D eigenvalue weighted by Gasteiger charge is -2.15. The molecule has 3 aromatic rings. The highest BCUT2D eigenvalue weighted by Gasteiger charge is 2.23.